The van der Waals surface area contributed by atoms with E-state index in [1.54, 1.807) is 0 Å². The maximum absolute atomic E-state index is 6.16. The summed E-state index contributed by atoms with van der Waals surface area (Å²) < 4.78 is 5.27. The molecule has 5 heteroatoms. The molecule has 0 radical (unpaired) electrons. The average Bonchev–Trinajstić information content (AvgIpc) is 2.79. The molecule has 0 aliphatic heterocycles. The SMILES string of the molecule is Cc1ccc(-c2nc(C3(N)CCC3)no2)cc1Cl. The molecule has 2 aromatic rings. The molecule has 1 aromatic carbocycles. The number of rotatable bonds is 2. The smallest absolute Gasteiger partial charge is 0.258 e. The lowest BCUT2D eigenvalue weighted by molar-refractivity contribution is 0.229. The number of benzene rings is 1. The van der Waals surface area contributed by atoms with Gasteiger partial charge in [0.15, 0.2) is 5.82 Å². The fourth-order valence-corrected chi connectivity index (χ4v) is 2.23. The summed E-state index contributed by atoms with van der Waals surface area (Å²) in [4.78, 5) is 4.38. The van der Waals surface area contributed by atoms with Crippen molar-refractivity contribution in [1.82, 2.24) is 10.1 Å². The van der Waals surface area contributed by atoms with Gasteiger partial charge in [-0.2, -0.15) is 4.98 Å². The van der Waals surface area contributed by atoms with Gasteiger partial charge in [0, 0.05) is 10.6 Å². The van der Waals surface area contributed by atoms with Gasteiger partial charge in [-0.1, -0.05) is 22.8 Å². The molecule has 0 unspecified atom stereocenters. The summed E-state index contributed by atoms with van der Waals surface area (Å²) in [6.07, 6.45) is 2.96. The largest absolute Gasteiger partial charge is 0.334 e. The zero-order valence-electron chi connectivity index (χ0n) is 10.1. The molecule has 94 valence electrons. The second-order valence-electron chi connectivity index (χ2n) is 4.90. The zero-order chi connectivity index (χ0) is 12.8. The van der Waals surface area contributed by atoms with Crippen molar-refractivity contribution in [3.8, 4) is 11.5 Å². The van der Waals surface area contributed by atoms with Gasteiger partial charge in [0.2, 0.25) is 0 Å². The number of aryl methyl sites for hydroxylation is 1. The summed E-state index contributed by atoms with van der Waals surface area (Å²) in [5.41, 5.74) is 7.61. The molecule has 0 bridgehead atoms. The van der Waals surface area contributed by atoms with Gasteiger partial charge in [-0.25, -0.2) is 0 Å². The molecule has 2 N–H and O–H groups in total. The first-order valence-electron chi connectivity index (χ1n) is 5.98. The lowest BCUT2D eigenvalue weighted by Crippen LogP contribution is -2.44. The van der Waals surface area contributed by atoms with Crippen LogP contribution in [0.3, 0.4) is 0 Å². The van der Waals surface area contributed by atoms with E-state index in [-0.39, 0.29) is 0 Å². The van der Waals surface area contributed by atoms with Gasteiger partial charge >= 0.3 is 0 Å². The van der Waals surface area contributed by atoms with E-state index in [2.05, 4.69) is 10.1 Å². The number of hydrogen-bond acceptors (Lipinski definition) is 4. The zero-order valence-corrected chi connectivity index (χ0v) is 10.9. The highest BCUT2D eigenvalue weighted by Gasteiger charge is 2.39. The normalized spacial score (nSPS) is 17.5. The van der Waals surface area contributed by atoms with Crippen molar-refractivity contribution in [2.45, 2.75) is 31.7 Å². The highest BCUT2D eigenvalue weighted by atomic mass is 35.5. The van der Waals surface area contributed by atoms with E-state index in [4.69, 9.17) is 21.9 Å². The van der Waals surface area contributed by atoms with Gasteiger partial charge in [0.25, 0.3) is 5.89 Å². The maximum atomic E-state index is 6.16. The first-order chi connectivity index (χ1) is 8.58. The molecule has 0 amide bonds. The monoisotopic (exact) mass is 263 g/mol. The number of hydrogen-bond donors (Lipinski definition) is 1. The van der Waals surface area contributed by atoms with Crippen LogP contribution in [-0.4, -0.2) is 10.1 Å². The lowest BCUT2D eigenvalue weighted by atomic mass is 9.77. The van der Waals surface area contributed by atoms with E-state index < -0.39 is 5.54 Å². The van der Waals surface area contributed by atoms with Gasteiger partial charge in [-0.05, 0) is 43.9 Å². The number of nitrogens with zero attached hydrogens (tertiary/aromatic N) is 2. The summed E-state index contributed by atoms with van der Waals surface area (Å²) in [6.45, 7) is 1.95. The molecule has 1 aliphatic carbocycles. The van der Waals surface area contributed by atoms with Crippen molar-refractivity contribution in [1.29, 1.82) is 0 Å². The topological polar surface area (TPSA) is 64.9 Å². The van der Waals surface area contributed by atoms with Crippen LogP contribution in [0.1, 0.15) is 30.7 Å². The molecule has 0 saturated heterocycles. The summed E-state index contributed by atoms with van der Waals surface area (Å²) >= 11 is 6.08. The highest BCUT2D eigenvalue weighted by Crippen LogP contribution is 2.37. The molecule has 0 spiro atoms. The van der Waals surface area contributed by atoms with Crippen LogP contribution in [0.15, 0.2) is 22.7 Å². The summed E-state index contributed by atoms with van der Waals surface area (Å²) in [6, 6.07) is 5.68. The maximum Gasteiger partial charge on any atom is 0.258 e. The third-order valence-electron chi connectivity index (χ3n) is 3.54. The molecule has 3 rings (SSSR count). The van der Waals surface area contributed by atoms with Crippen molar-refractivity contribution in [2.24, 2.45) is 5.73 Å². The Morgan fingerprint density at radius 1 is 1.39 bits per heavy atom. The minimum absolute atomic E-state index is 0.393. The number of aromatic nitrogens is 2. The molecule has 1 aliphatic rings. The molecule has 1 heterocycles. The fraction of sp³-hybridized carbons (Fsp3) is 0.385. The molecule has 0 atom stereocenters. The third-order valence-corrected chi connectivity index (χ3v) is 3.94. The van der Waals surface area contributed by atoms with Crippen LogP contribution in [0.4, 0.5) is 0 Å². The van der Waals surface area contributed by atoms with Gasteiger partial charge in [-0.15, -0.1) is 0 Å². The Bertz CT molecular complexity index is 590. The molecule has 1 fully saturated rings. The van der Waals surface area contributed by atoms with Crippen LogP contribution in [0, 0.1) is 6.92 Å². The highest BCUT2D eigenvalue weighted by molar-refractivity contribution is 6.31. The average molecular weight is 264 g/mol. The Morgan fingerprint density at radius 2 is 2.17 bits per heavy atom. The van der Waals surface area contributed by atoms with Crippen LogP contribution in [-0.2, 0) is 5.54 Å². The third kappa shape index (κ3) is 1.82. The van der Waals surface area contributed by atoms with E-state index in [0.717, 1.165) is 30.4 Å². The minimum Gasteiger partial charge on any atom is -0.334 e. The van der Waals surface area contributed by atoms with Crippen molar-refractivity contribution >= 4 is 11.6 Å². The Balaban J connectivity index is 1.95. The standard InChI is InChI=1S/C13H14ClN3O/c1-8-3-4-9(7-10(8)14)11-16-12(17-18-11)13(15)5-2-6-13/h3-4,7H,2,5-6,15H2,1H3. The predicted octanol–water partition coefficient (Wildman–Crippen LogP) is 3.04. The van der Waals surface area contributed by atoms with Crippen molar-refractivity contribution in [2.75, 3.05) is 0 Å². The predicted molar refractivity (Wildman–Crippen MR) is 69.2 cm³/mol. The lowest BCUT2D eigenvalue weighted by Gasteiger charge is -2.34. The van der Waals surface area contributed by atoms with Crippen molar-refractivity contribution in [3.05, 3.63) is 34.6 Å². The van der Waals surface area contributed by atoms with Crippen molar-refractivity contribution < 1.29 is 4.52 Å². The van der Waals surface area contributed by atoms with Gasteiger partial charge in [0.05, 0.1) is 5.54 Å². The Kier molecular flexibility index (Phi) is 2.64. The molecular weight excluding hydrogens is 250 g/mol. The first-order valence-corrected chi connectivity index (χ1v) is 6.36. The summed E-state index contributed by atoms with van der Waals surface area (Å²) in [5, 5.41) is 4.68. The molecule has 4 nitrogen and oxygen atoms in total. The molecular formula is C13H14ClN3O. The summed E-state index contributed by atoms with van der Waals surface area (Å²) in [7, 11) is 0. The van der Waals surface area contributed by atoms with Crippen LogP contribution >= 0.6 is 11.6 Å². The molecule has 1 aromatic heterocycles. The van der Waals surface area contributed by atoms with E-state index in [0.29, 0.717) is 16.7 Å². The Morgan fingerprint density at radius 3 is 2.78 bits per heavy atom. The van der Waals surface area contributed by atoms with Crippen LogP contribution in [0.5, 0.6) is 0 Å². The van der Waals surface area contributed by atoms with Crippen molar-refractivity contribution in [3.63, 3.8) is 0 Å². The fourth-order valence-electron chi connectivity index (χ4n) is 2.05. The van der Waals surface area contributed by atoms with Crippen LogP contribution in [0.25, 0.3) is 11.5 Å². The van der Waals surface area contributed by atoms with E-state index >= 15 is 0 Å². The van der Waals surface area contributed by atoms with E-state index in [1.807, 2.05) is 25.1 Å². The number of nitrogens with two attached hydrogens (primary N) is 1. The number of halogens is 1. The van der Waals surface area contributed by atoms with E-state index in [1.165, 1.54) is 0 Å². The van der Waals surface area contributed by atoms with Crippen LogP contribution in [0.2, 0.25) is 5.02 Å². The minimum atomic E-state index is -0.393. The first kappa shape index (κ1) is 11.7. The van der Waals surface area contributed by atoms with Gasteiger partial charge in [-0.3, -0.25) is 0 Å². The molecule has 18 heavy (non-hydrogen) atoms. The van der Waals surface area contributed by atoms with Crippen LogP contribution < -0.4 is 5.73 Å². The molecule has 1 saturated carbocycles. The summed E-state index contributed by atoms with van der Waals surface area (Å²) in [5.74, 6) is 1.07. The van der Waals surface area contributed by atoms with E-state index in [9.17, 15) is 0 Å². The second-order valence-corrected chi connectivity index (χ2v) is 5.30. The van der Waals surface area contributed by atoms with Gasteiger partial charge in [0.1, 0.15) is 0 Å². The Hall–Kier alpha value is -1.39. The second kappa shape index (κ2) is 4.07. The Labute approximate surface area is 110 Å². The quantitative estimate of drug-likeness (QED) is 0.904. The van der Waals surface area contributed by atoms with Gasteiger partial charge < -0.3 is 10.3 Å².